The molecule has 7 heteroatoms. The molecule has 1 aliphatic carbocycles. The Morgan fingerprint density at radius 1 is 0.571 bits per heavy atom. The maximum Gasteiger partial charge on any atom is 0.197 e. The lowest BCUT2D eigenvalue weighted by atomic mass is 10.1. The zero-order chi connectivity index (χ0) is 34.3. The number of allylic oxidation sites excluding steroid dienone is 1. The summed E-state index contributed by atoms with van der Waals surface area (Å²) >= 11 is 5.01. The van der Waals surface area contributed by atoms with Crippen LogP contribution in [0.15, 0.2) is 58.8 Å². The fourth-order valence-electron chi connectivity index (χ4n) is 6.27. The Labute approximate surface area is 305 Å². The smallest absolute Gasteiger partial charge is 0.197 e. The normalized spacial score (nSPS) is 12.6. The number of hydrogen-bond donors (Lipinski definition) is 0. The molecule has 0 bridgehead atoms. The molecule has 1 aromatic carbocycles. The summed E-state index contributed by atoms with van der Waals surface area (Å²) in [6, 6.07) is 13.5. The van der Waals surface area contributed by atoms with Crippen molar-refractivity contribution in [3.63, 3.8) is 0 Å². The highest BCUT2D eigenvalue weighted by Gasteiger charge is 2.33. The van der Waals surface area contributed by atoms with Crippen LogP contribution in [-0.2, 0) is 0 Å². The van der Waals surface area contributed by atoms with Crippen molar-refractivity contribution in [2.24, 2.45) is 0 Å². The summed E-state index contributed by atoms with van der Waals surface area (Å²) in [7, 11) is 0. The molecule has 49 heavy (non-hydrogen) atoms. The van der Waals surface area contributed by atoms with Gasteiger partial charge in [-0.05, 0) is 42.7 Å². The van der Waals surface area contributed by atoms with Crippen LogP contribution in [-0.4, -0.2) is 24.8 Å². The van der Waals surface area contributed by atoms with E-state index in [1.54, 1.807) is 52.2 Å². The number of Topliss-reactive ketones (excluding diaryl/α,β-unsaturated/α-hetero) is 2. The summed E-state index contributed by atoms with van der Waals surface area (Å²) in [4.78, 5) is 31.0. The minimum absolute atomic E-state index is 0.201. The third-order valence-electron chi connectivity index (χ3n) is 9.12. The van der Waals surface area contributed by atoms with E-state index in [9.17, 15) is 9.59 Å². The van der Waals surface area contributed by atoms with Gasteiger partial charge in [-0.2, -0.15) is 0 Å². The fourth-order valence-corrected chi connectivity index (χ4v) is 9.30. The number of ether oxygens (including phenoxy) is 2. The number of ketones is 2. The first kappa shape index (κ1) is 37.3. The minimum Gasteiger partial charge on any atom is -0.493 e. The summed E-state index contributed by atoms with van der Waals surface area (Å²) in [6.07, 6.45) is 22.2. The highest BCUT2D eigenvalue weighted by Crippen LogP contribution is 2.45. The summed E-state index contributed by atoms with van der Waals surface area (Å²) in [6.45, 7) is 5.97. The second kappa shape index (κ2) is 20.0. The lowest BCUT2D eigenvalue weighted by Gasteiger charge is -2.04. The van der Waals surface area contributed by atoms with E-state index in [-0.39, 0.29) is 17.1 Å². The lowest BCUT2D eigenvalue weighted by molar-refractivity contribution is 0.0990. The molecule has 262 valence electrons. The van der Waals surface area contributed by atoms with Gasteiger partial charge in [-0.15, -0.1) is 34.0 Å². The molecule has 0 aliphatic heterocycles. The van der Waals surface area contributed by atoms with Crippen molar-refractivity contribution < 1.29 is 19.1 Å². The minimum atomic E-state index is -0.201. The highest BCUT2D eigenvalue weighted by molar-refractivity contribution is 7.26. The van der Waals surface area contributed by atoms with Gasteiger partial charge in [0.1, 0.15) is 11.5 Å². The van der Waals surface area contributed by atoms with Crippen LogP contribution < -0.4 is 9.47 Å². The van der Waals surface area contributed by atoms with Crippen LogP contribution >= 0.6 is 34.0 Å². The predicted molar refractivity (Wildman–Crippen MR) is 210 cm³/mol. The number of thiophene rings is 3. The summed E-state index contributed by atoms with van der Waals surface area (Å²) in [5.41, 5.74) is 2.09. The Morgan fingerprint density at radius 3 is 1.57 bits per heavy atom. The summed E-state index contributed by atoms with van der Waals surface area (Å²) in [5, 5.41) is 4.15. The van der Waals surface area contributed by atoms with Crippen molar-refractivity contribution in [1.29, 1.82) is 0 Å². The van der Waals surface area contributed by atoms with Crippen LogP contribution in [0, 0.1) is 0 Å². The molecule has 5 rings (SSSR count). The lowest BCUT2D eigenvalue weighted by Crippen LogP contribution is -2.00. The van der Waals surface area contributed by atoms with E-state index < -0.39 is 0 Å². The van der Waals surface area contributed by atoms with Crippen LogP contribution in [0.25, 0.3) is 25.6 Å². The predicted octanol–water partition coefficient (Wildman–Crippen LogP) is 13.7. The summed E-state index contributed by atoms with van der Waals surface area (Å²) in [5.74, 6) is 1.38. The average molecular weight is 717 g/mol. The van der Waals surface area contributed by atoms with Crippen molar-refractivity contribution in [3.05, 3.63) is 75.5 Å². The van der Waals surface area contributed by atoms with E-state index in [2.05, 4.69) is 42.8 Å². The Balaban J connectivity index is 1.25. The van der Waals surface area contributed by atoms with Crippen LogP contribution in [0.5, 0.6) is 11.5 Å². The Kier molecular flexibility index (Phi) is 15.2. The van der Waals surface area contributed by atoms with Gasteiger partial charge < -0.3 is 9.47 Å². The number of carbonyl (C=O) groups is 2. The molecule has 4 nitrogen and oxygen atoms in total. The fraction of sp³-hybridized carbons (Fsp3) is 0.476. The first-order valence-electron chi connectivity index (χ1n) is 18.6. The van der Waals surface area contributed by atoms with E-state index in [1.165, 1.54) is 89.9 Å². The first-order chi connectivity index (χ1) is 24.1. The maximum absolute atomic E-state index is 13.3. The number of hydrogen-bond acceptors (Lipinski definition) is 7. The van der Waals surface area contributed by atoms with Gasteiger partial charge in [-0.3, -0.25) is 9.59 Å². The average Bonchev–Trinajstić information content (AvgIpc) is 3.92. The van der Waals surface area contributed by atoms with Gasteiger partial charge in [0.15, 0.2) is 11.6 Å². The van der Waals surface area contributed by atoms with Crippen LogP contribution in [0.4, 0.5) is 0 Å². The molecule has 0 N–H and O–H groups in total. The Morgan fingerprint density at radius 2 is 1.04 bits per heavy atom. The molecular formula is C42H52O4S3. The van der Waals surface area contributed by atoms with Crippen LogP contribution in [0.3, 0.4) is 0 Å². The molecule has 0 fully saturated rings. The van der Waals surface area contributed by atoms with E-state index in [0.717, 1.165) is 62.6 Å². The van der Waals surface area contributed by atoms with Gasteiger partial charge in [0.25, 0.3) is 0 Å². The van der Waals surface area contributed by atoms with Gasteiger partial charge in [0, 0.05) is 36.5 Å². The largest absolute Gasteiger partial charge is 0.493 e. The molecule has 0 saturated heterocycles. The number of carbonyl (C=O) groups excluding carboxylic acids is 2. The molecule has 0 saturated carbocycles. The van der Waals surface area contributed by atoms with Gasteiger partial charge in [0.2, 0.25) is 0 Å². The Hall–Kier alpha value is -3.00. The molecule has 0 amide bonds. The second-order valence-corrected chi connectivity index (χ2v) is 16.0. The van der Waals surface area contributed by atoms with E-state index in [1.807, 2.05) is 12.1 Å². The highest BCUT2D eigenvalue weighted by atomic mass is 32.1. The van der Waals surface area contributed by atoms with Gasteiger partial charge in [0.05, 0.1) is 23.7 Å². The van der Waals surface area contributed by atoms with Crippen molar-refractivity contribution in [1.82, 2.24) is 0 Å². The molecule has 0 spiro atoms. The van der Waals surface area contributed by atoms with Crippen molar-refractivity contribution in [2.75, 3.05) is 13.2 Å². The van der Waals surface area contributed by atoms with E-state index in [4.69, 9.17) is 9.47 Å². The quantitative estimate of drug-likeness (QED) is 0.0436. The van der Waals surface area contributed by atoms with Gasteiger partial charge in [-0.25, -0.2) is 0 Å². The van der Waals surface area contributed by atoms with Gasteiger partial charge >= 0.3 is 0 Å². The third-order valence-corrected chi connectivity index (χ3v) is 12.5. The number of unbranched alkanes of at least 4 members (excludes halogenated alkanes) is 14. The first-order valence-corrected chi connectivity index (χ1v) is 21.1. The van der Waals surface area contributed by atoms with E-state index >= 15 is 0 Å². The number of rotatable bonds is 23. The summed E-state index contributed by atoms with van der Waals surface area (Å²) < 4.78 is 12.3. The molecule has 3 heterocycles. The van der Waals surface area contributed by atoms with Crippen molar-refractivity contribution in [2.45, 2.75) is 117 Å². The van der Waals surface area contributed by atoms with Crippen LogP contribution in [0.1, 0.15) is 143 Å². The van der Waals surface area contributed by atoms with Crippen LogP contribution in [0.2, 0.25) is 0 Å². The third kappa shape index (κ3) is 10.7. The zero-order valence-corrected chi connectivity index (χ0v) is 31.8. The SMILES string of the molecule is CCCCCCCCCCOc1csc(-c2cc(C=C3C(=O)c4ccccc4C3=O)c(-c3cc(OCCCCCCCCCC)cs3)s2)c1. The molecule has 3 aromatic heterocycles. The molecule has 0 unspecified atom stereocenters. The maximum atomic E-state index is 13.3. The van der Waals surface area contributed by atoms with Crippen molar-refractivity contribution >= 4 is 51.7 Å². The zero-order valence-electron chi connectivity index (χ0n) is 29.4. The monoisotopic (exact) mass is 716 g/mol. The van der Waals surface area contributed by atoms with Gasteiger partial charge in [-0.1, -0.05) is 128 Å². The number of fused-ring (bicyclic) bond motifs is 1. The standard InChI is InChI=1S/C42H52O4S3/c1-3-5-7-9-11-13-15-19-23-45-32-27-37(47-29-32)38-26-31(25-36-40(43)34-21-17-18-22-35(34)41(36)44)42(49-38)39-28-33(30-48-39)46-24-20-16-14-12-10-8-6-4-2/h17-18,21-22,25-30H,3-16,19-20,23-24H2,1-2H3. The molecule has 4 aromatic rings. The Bertz CT molecular complexity index is 1620. The molecule has 0 atom stereocenters. The second-order valence-electron chi connectivity index (χ2n) is 13.1. The number of benzene rings is 1. The molecule has 1 aliphatic rings. The van der Waals surface area contributed by atoms with E-state index in [0.29, 0.717) is 11.1 Å². The topological polar surface area (TPSA) is 52.6 Å². The molecule has 0 radical (unpaired) electrons. The molecular weight excluding hydrogens is 665 g/mol. The van der Waals surface area contributed by atoms with Crippen molar-refractivity contribution in [3.8, 4) is 31.0 Å².